The Morgan fingerprint density at radius 1 is 1.19 bits per heavy atom. The number of fused-ring (bicyclic) bond motifs is 1. The van der Waals surface area contributed by atoms with E-state index in [9.17, 15) is 4.79 Å². The van der Waals surface area contributed by atoms with Crippen LogP contribution >= 0.6 is 11.8 Å². The van der Waals surface area contributed by atoms with Crippen LogP contribution in [0.3, 0.4) is 0 Å². The van der Waals surface area contributed by atoms with E-state index in [1.807, 2.05) is 49.4 Å². The first-order valence-electron chi connectivity index (χ1n) is 11.1. The summed E-state index contributed by atoms with van der Waals surface area (Å²) < 4.78 is 13.6. The van der Waals surface area contributed by atoms with Gasteiger partial charge in [0.15, 0.2) is 10.9 Å². The SMILES string of the molecule is CC(NC(=O)CSc1nnc(-c2ccco2)n1C1CCCCC1)c1cc2ccccc2o1. The standard InChI is InChI=1S/C24H26N4O3S/c1-16(21-14-17-8-5-6-11-19(17)31-21)25-22(29)15-32-24-27-26-23(20-12-7-13-30-20)28(24)18-9-3-2-4-10-18/h5-8,11-14,16,18H,2-4,9-10,15H2,1H3,(H,25,29). The van der Waals surface area contributed by atoms with Gasteiger partial charge < -0.3 is 14.2 Å². The number of benzene rings is 1. The molecule has 0 aliphatic heterocycles. The molecule has 1 aliphatic carbocycles. The van der Waals surface area contributed by atoms with E-state index in [0.717, 1.165) is 40.6 Å². The first kappa shape index (κ1) is 20.9. The summed E-state index contributed by atoms with van der Waals surface area (Å²) in [4.78, 5) is 12.7. The van der Waals surface area contributed by atoms with Gasteiger partial charge in [-0.25, -0.2) is 0 Å². The highest BCUT2D eigenvalue weighted by atomic mass is 32.2. The predicted octanol–water partition coefficient (Wildman–Crippen LogP) is 5.76. The molecule has 1 saturated carbocycles. The monoisotopic (exact) mass is 450 g/mol. The van der Waals surface area contributed by atoms with E-state index in [0.29, 0.717) is 11.8 Å². The number of hydrogen-bond acceptors (Lipinski definition) is 6. The van der Waals surface area contributed by atoms with Crippen LogP contribution in [0.1, 0.15) is 56.9 Å². The first-order chi connectivity index (χ1) is 15.7. The Balaban J connectivity index is 1.28. The number of amides is 1. The van der Waals surface area contributed by atoms with E-state index in [1.54, 1.807) is 6.26 Å². The van der Waals surface area contributed by atoms with Crippen molar-refractivity contribution in [3.63, 3.8) is 0 Å². The Morgan fingerprint density at radius 3 is 2.81 bits per heavy atom. The van der Waals surface area contributed by atoms with Gasteiger partial charge in [0.05, 0.1) is 18.1 Å². The number of rotatable bonds is 7. The van der Waals surface area contributed by atoms with E-state index in [2.05, 4.69) is 20.1 Å². The average molecular weight is 451 g/mol. The van der Waals surface area contributed by atoms with E-state index in [-0.39, 0.29) is 17.7 Å². The molecule has 3 heterocycles. The van der Waals surface area contributed by atoms with Crippen LogP contribution in [0.2, 0.25) is 0 Å². The zero-order chi connectivity index (χ0) is 21.9. The maximum atomic E-state index is 12.7. The lowest BCUT2D eigenvalue weighted by atomic mass is 9.95. The topological polar surface area (TPSA) is 86.1 Å². The number of carbonyl (C=O) groups is 1. The molecule has 166 valence electrons. The van der Waals surface area contributed by atoms with Crippen molar-refractivity contribution >= 4 is 28.6 Å². The lowest BCUT2D eigenvalue weighted by molar-refractivity contribution is -0.119. The molecule has 0 saturated heterocycles. The Kier molecular flexibility index (Phi) is 6.03. The molecule has 1 fully saturated rings. The molecular weight excluding hydrogens is 424 g/mol. The molecule has 8 heteroatoms. The number of aromatic nitrogens is 3. The van der Waals surface area contributed by atoms with Crippen molar-refractivity contribution < 1.29 is 13.6 Å². The molecule has 7 nitrogen and oxygen atoms in total. The van der Waals surface area contributed by atoms with Crippen LogP contribution in [0, 0.1) is 0 Å². The minimum atomic E-state index is -0.217. The Morgan fingerprint density at radius 2 is 2.03 bits per heavy atom. The van der Waals surface area contributed by atoms with E-state index < -0.39 is 0 Å². The summed E-state index contributed by atoms with van der Waals surface area (Å²) >= 11 is 1.41. The van der Waals surface area contributed by atoms with Crippen LogP contribution < -0.4 is 5.32 Å². The highest BCUT2D eigenvalue weighted by Crippen LogP contribution is 2.35. The van der Waals surface area contributed by atoms with E-state index in [4.69, 9.17) is 8.83 Å². The zero-order valence-electron chi connectivity index (χ0n) is 18.0. The van der Waals surface area contributed by atoms with Gasteiger partial charge in [-0.1, -0.05) is 49.2 Å². The summed E-state index contributed by atoms with van der Waals surface area (Å²) in [6.07, 6.45) is 7.48. The predicted molar refractivity (Wildman–Crippen MR) is 123 cm³/mol. The summed E-state index contributed by atoms with van der Waals surface area (Å²) in [7, 11) is 0. The molecule has 1 atom stereocenters. The summed E-state index contributed by atoms with van der Waals surface area (Å²) in [5.41, 5.74) is 0.823. The van der Waals surface area contributed by atoms with Gasteiger partial charge in [-0.05, 0) is 44.0 Å². The third kappa shape index (κ3) is 4.32. The van der Waals surface area contributed by atoms with Gasteiger partial charge in [-0.2, -0.15) is 0 Å². The van der Waals surface area contributed by atoms with Crippen molar-refractivity contribution in [2.75, 3.05) is 5.75 Å². The molecule has 0 spiro atoms. The quantitative estimate of drug-likeness (QED) is 0.360. The van der Waals surface area contributed by atoms with Crippen LogP contribution in [0.4, 0.5) is 0 Å². The molecule has 1 aliphatic rings. The Labute approximate surface area is 190 Å². The fraction of sp³-hybridized carbons (Fsp3) is 0.375. The average Bonchev–Trinajstić information content (AvgIpc) is 3.57. The minimum absolute atomic E-state index is 0.0688. The second-order valence-corrected chi connectivity index (χ2v) is 9.15. The molecule has 1 amide bonds. The lowest BCUT2D eigenvalue weighted by Gasteiger charge is -2.25. The maximum Gasteiger partial charge on any atom is 0.231 e. The number of nitrogens with zero attached hydrogens (tertiary/aromatic N) is 3. The molecular formula is C24H26N4O3S. The molecule has 0 radical (unpaired) electrons. The molecule has 5 rings (SSSR count). The summed E-state index contributed by atoms with van der Waals surface area (Å²) in [6, 6.07) is 13.7. The van der Waals surface area contributed by atoms with Gasteiger partial charge in [0, 0.05) is 11.4 Å². The molecule has 32 heavy (non-hydrogen) atoms. The van der Waals surface area contributed by atoms with Crippen molar-refractivity contribution in [2.45, 2.75) is 56.3 Å². The Bertz CT molecular complexity index is 1160. The van der Waals surface area contributed by atoms with Crippen molar-refractivity contribution in [2.24, 2.45) is 0 Å². The molecule has 0 bridgehead atoms. The van der Waals surface area contributed by atoms with E-state index in [1.165, 1.54) is 31.0 Å². The van der Waals surface area contributed by atoms with Gasteiger partial charge in [0.2, 0.25) is 11.7 Å². The maximum absolute atomic E-state index is 12.7. The van der Waals surface area contributed by atoms with Crippen LogP contribution in [-0.2, 0) is 4.79 Å². The number of nitrogens with one attached hydrogen (secondary N) is 1. The lowest BCUT2D eigenvalue weighted by Crippen LogP contribution is -2.28. The van der Waals surface area contributed by atoms with Crippen LogP contribution in [0.5, 0.6) is 0 Å². The van der Waals surface area contributed by atoms with Crippen LogP contribution in [-0.4, -0.2) is 26.4 Å². The van der Waals surface area contributed by atoms with Crippen LogP contribution in [0.25, 0.3) is 22.6 Å². The number of para-hydroxylation sites is 1. The smallest absolute Gasteiger partial charge is 0.231 e. The number of thioether (sulfide) groups is 1. The number of carbonyl (C=O) groups excluding carboxylic acids is 1. The third-order valence-corrected chi connectivity index (χ3v) is 6.87. The number of furan rings is 2. The second-order valence-electron chi connectivity index (χ2n) is 8.21. The van der Waals surface area contributed by atoms with Gasteiger partial charge in [-0.3, -0.25) is 9.36 Å². The molecule has 1 aromatic carbocycles. The fourth-order valence-electron chi connectivity index (χ4n) is 4.32. The molecule has 1 unspecified atom stereocenters. The third-order valence-electron chi connectivity index (χ3n) is 5.93. The second kappa shape index (κ2) is 9.24. The molecule has 3 aromatic heterocycles. The van der Waals surface area contributed by atoms with Gasteiger partial charge >= 0.3 is 0 Å². The van der Waals surface area contributed by atoms with Crippen molar-refractivity contribution in [3.8, 4) is 11.6 Å². The van der Waals surface area contributed by atoms with Gasteiger partial charge in [0.25, 0.3) is 0 Å². The zero-order valence-corrected chi connectivity index (χ0v) is 18.8. The highest BCUT2D eigenvalue weighted by molar-refractivity contribution is 7.99. The van der Waals surface area contributed by atoms with E-state index >= 15 is 0 Å². The van der Waals surface area contributed by atoms with Crippen LogP contribution in [0.15, 0.2) is 62.7 Å². The number of hydrogen-bond donors (Lipinski definition) is 1. The normalized spacial score (nSPS) is 15.8. The fourth-order valence-corrected chi connectivity index (χ4v) is 5.13. The van der Waals surface area contributed by atoms with Crippen molar-refractivity contribution in [1.29, 1.82) is 0 Å². The highest BCUT2D eigenvalue weighted by Gasteiger charge is 2.25. The van der Waals surface area contributed by atoms with Crippen molar-refractivity contribution in [3.05, 3.63) is 54.5 Å². The summed E-state index contributed by atoms with van der Waals surface area (Å²) in [5, 5.41) is 13.6. The largest absolute Gasteiger partial charge is 0.461 e. The van der Waals surface area contributed by atoms with Crippen molar-refractivity contribution in [1.82, 2.24) is 20.1 Å². The Hall–Kier alpha value is -3.00. The summed E-state index contributed by atoms with van der Waals surface area (Å²) in [5.74, 6) is 2.38. The molecule has 4 aromatic rings. The first-order valence-corrected chi connectivity index (χ1v) is 12.1. The van der Waals surface area contributed by atoms with Gasteiger partial charge in [0.1, 0.15) is 11.3 Å². The summed E-state index contributed by atoms with van der Waals surface area (Å²) in [6.45, 7) is 1.93. The molecule has 1 N–H and O–H groups in total. The minimum Gasteiger partial charge on any atom is -0.461 e. The van der Waals surface area contributed by atoms with Gasteiger partial charge in [-0.15, -0.1) is 10.2 Å².